The number of hydrogen-bond donors (Lipinski definition) is 2. The zero-order valence-corrected chi connectivity index (χ0v) is 15.2. The standard InChI is InChI=1S/C19H22N2O3.ClH/c1-13-6-9-15(20)12-17(13)21-19(23)5-3-4-18(22)14-7-10-16(24-2)11-8-14;/h6-12H,3-5,20H2,1-2H3,(H,21,23);1H. The van der Waals surface area contributed by atoms with Crippen molar-refractivity contribution in [3.8, 4) is 5.75 Å². The number of halogens is 1. The minimum Gasteiger partial charge on any atom is -0.497 e. The lowest BCUT2D eigenvalue weighted by Crippen LogP contribution is -2.13. The van der Waals surface area contributed by atoms with E-state index in [1.165, 1.54) is 0 Å². The predicted octanol–water partition coefficient (Wildman–Crippen LogP) is 4.00. The van der Waals surface area contributed by atoms with E-state index < -0.39 is 0 Å². The van der Waals surface area contributed by atoms with Crippen LogP contribution in [0.2, 0.25) is 0 Å². The van der Waals surface area contributed by atoms with Gasteiger partial charge in [-0.25, -0.2) is 0 Å². The Kier molecular flexibility index (Phi) is 7.95. The summed E-state index contributed by atoms with van der Waals surface area (Å²) in [5.41, 5.74) is 8.61. The molecule has 0 bridgehead atoms. The molecule has 0 heterocycles. The highest BCUT2D eigenvalue weighted by Gasteiger charge is 2.09. The number of Topliss-reactive ketones (excluding diaryl/α,β-unsaturated/α-hetero) is 1. The second kappa shape index (κ2) is 9.69. The normalized spacial score (nSPS) is 9.84. The fraction of sp³-hybridized carbons (Fsp3) is 0.263. The summed E-state index contributed by atoms with van der Waals surface area (Å²) >= 11 is 0. The van der Waals surface area contributed by atoms with Gasteiger partial charge in [-0.15, -0.1) is 12.4 Å². The third-order valence-corrected chi connectivity index (χ3v) is 3.76. The molecule has 0 fully saturated rings. The van der Waals surface area contributed by atoms with Crippen LogP contribution in [0.5, 0.6) is 5.75 Å². The fourth-order valence-corrected chi connectivity index (χ4v) is 2.32. The molecule has 6 heteroatoms. The van der Waals surface area contributed by atoms with E-state index in [1.54, 1.807) is 43.5 Å². The number of ether oxygens (including phenoxy) is 1. The summed E-state index contributed by atoms with van der Waals surface area (Å²) in [4.78, 5) is 24.1. The van der Waals surface area contributed by atoms with Gasteiger partial charge in [0.2, 0.25) is 5.91 Å². The first-order valence-corrected chi connectivity index (χ1v) is 7.83. The molecule has 0 aliphatic carbocycles. The molecule has 0 radical (unpaired) electrons. The van der Waals surface area contributed by atoms with Crippen LogP contribution in [-0.2, 0) is 4.79 Å². The van der Waals surface area contributed by atoms with Crippen LogP contribution in [0, 0.1) is 6.92 Å². The Labute approximate surface area is 154 Å². The van der Waals surface area contributed by atoms with E-state index in [4.69, 9.17) is 10.5 Å². The molecule has 0 aliphatic heterocycles. The first-order valence-electron chi connectivity index (χ1n) is 7.83. The number of amides is 1. The number of rotatable bonds is 7. The van der Waals surface area contributed by atoms with Crippen molar-refractivity contribution in [2.24, 2.45) is 0 Å². The van der Waals surface area contributed by atoms with Gasteiger partial charge in [-0.1, -0.05) is 6.07 Å². The molecule has 0 aliphatic rings. The third-order valence-electron chi connectivity index (χ3n) is 3.76. The van der Waals surface area contributed by atoms with Crippen LogP contribution in [0.1, 0.15) is 35.2 Å². The summed E-state index contributed by atoms with van der Waals surface area (Å²) in [6.07, 6.45) is 1.11. The lowest BCUT2D eigenvalue weighted by atomic mass is 10.1. The lowest BCUT2D eigenvalue weighted by Gasteiger charge is -2.09. The maximum atomic E-state index is 12.1. The van der Waals surface area contributed by atoms with E-state index in [0.29, 0.717) is 35.5 Å². The number of aryl methyl sites for hydroxylation is 1. The van der Waals surface area contributed by atoms with Crippen molar-refractivity contribution in [2.45, 2.75) is 26.2 Å². The van der Waals surface area contributed by atoms with E-state index in [0.717, 1.165) is 5.56 Å². The number of carbonyl (C=O) groups is 2. The molecule has 0 atom stereocenters. The molecule has 25 heavy (non-hydrogen) atoms. The van der Waals surface area contributed by atoms with Crippen LogP contribution < -0.4 is 15.8 Å². The number of hydrogen-bond acceptors (Lipinski definition) is 4. The van der Waals surface area contributed by atoms with Gasteiger partial charge >= 0.3 is 0 Å². The van der Waals surface area contributed by atoms with Crippen LogP contribution in [0.15, 0.2) is 42.5 Å². The van der Waals surface area contributed by atoms with E-state index in [2.05, 4.69) is 5.32 Å². The number of carbonyl (C=O) groups excluding carboxylic acids is 2. The number of benzene rings is 2. The first-order chi connectivity index (χ1) is 11.5. The molecule has 0 unspecified atom stereocenters. The van der Waals surface area contributed by atoms with Crippen molar-refractivity contribution >= 4 is 35.5 Å². The molecule has 0 saturated carbocycles. The predicted molar refractivity (Wildman–Crippen MR) is 103 cm³/mol. The Balaban J connectivity index is 0.00000312. The van der Waals surface area contributed by atoms with E-state index in [9.17, 15) is 9.59 Å². The number of nitrogens with one attached hydrogen (secondary N) is 1. The Hall–Kier alpha value is -2.53. The molecule has 0 saturated heterocycles. The lowest BCUT2D eigenvalue weighted by molar-refractivity contribution is -0.116. The summed E-state index contributed by atoms with van der Waals surface area (Å²) in [5.74, 6) is 0.611. The SMILES string of the molecule is COc1ccc(C(=O)CCCC(=O)Nc2cc(N)ccc2C)cc1.Cl. The molecule has 0 aromatic heterocycles. The molecule has 1 amide bonds. The molecule has 5 nitrogen and oxygen atoms in total. The van der Waals surface area contributed by atoms with E-state index >= 15 is 0 Å². The third kappa shape index (κ3) is 6.12. The van der Waals surface area contributed by atoms with Crippen molar-refractivity contribution < 1.29 is 14.3 Å². The maximum absolute atomic E-state index is 12.1. The number of methoxy groups -OCH3 is 1. The minimum absolute atomic E-state index is 0. The molecule has 2 rings (SSSR count). The Morgan fingerprint density at radius 2 is 1.76 bits per heavy atom. The van der Waals surface area contributed by atoms with Gasteiger partial charge in [-0.2, -0.15) is 0 Å². The Bertz CT molecular complexity index is 730. The number of nitrogen functional groups attached to an aromatic ring is 1. The van der Waals surface area contributed by atoms with Crippen LogP contribution in [0.25, 0.3) is 0 Å². The monoisotopic (exact) mass is 362 g/mol. The average molecular weight is 363 g/mol. The molecule has 134 valence electrons. The Morgan fingerprint density at radius 1 is 1.08 bits per heavy atom. The second-order valence-corrected chi connectivity index (χ2v) is 5.63. The van der Waals surface area contributed by atoms with Gasteiger partial charge in [0, 0.05) is 29.8 Å². The zero-order valence-electron chi connectivity index (χ0n) is 14.4. The maximum Gasteiger partial charge on any atom is 0.224 e. The van der Waals surface area contributed by atoms with E-state index in [-0.39, 0.29) is 30.5 Å². The number of ketones is 1. The molecular formula is C19H23ClN2O3. The summed E-state index contributed by atoms with van der Waals surface area (Å²) in [6.45, 7) is 1.91. The quantitative estimate of drug-likeness (QED) is 0.576. The Morgan fingerprint density at radius 3 is 2.40 bits per heavy atom. The highest BCUT2D eigenvalue weighted by molar-refractivity contribution is 5.97. The largest absolute Gasteiger partial charge is 0.497 e. The summed E-state index contributed by atoms with van der Waals surface area (Å²) in [6, 6.07) is 12.4. The van der Waals surface area contributed by atoms with Gasteiger partial charge in [0.05, 0.1) is 7.11 Å². The molecule has 2 aromatic rings. The highest BCUT2D eigenvalue weighted by Crippen LogP contribution is 2.19. The van der Waals surface area contributed by atoms with Crippen LogP contribution in [-0.4, -0.2) is 18.8 Å². The van der Waals surface area contributed by atoms with Crippen molar-refractivity contribution in [1.29, 1.82) is 0 Å². The van der Waals surface area contributed by atoms with Gasteiger partial charge in [0.1, 0.15) is 5.75 Å². The number of nitrogens with two attached hydrogens (primary N) is 1. The van der Waals surface area contributed by atoms with Crippen molar-refractivity contribution in [3.05, 3.63) is 53.6 Å². The van der Waals surface area contributed by atoms with Gasteiger partial charge in [0.15, 0.2) is 5.78 Å². The van der Waals surface area contributed by atoms with Crippen molar-refractivity contribution in [1.82, 2.24) is 0 Å². The fourth-order valence-electron chi connectivity index (χ4n) is 2.32. The van der Waals surface area contributed by atoms with Gasteiger partial charge in [0.25, 0.3) is 0 Å². The van der Waals surface area contributed by atoms with Gasteiger partial charge < -0.3 is 15.8 Å². The first kappa shape index (κ1) is 20.5. The smallest absolute Gasteiger partial charge is 0.224 e. The molecule has 3 N–H and O–H groups in total. The zero-order chi connectivity index (χ0) is 17.5. The van der Waals surface area contributed by atoms with Gasteiger partial charge in [-0.05, 0) is 55.3 Å². The second-order valence-electron chi connectivity index (χ2n) is 5.63. The minimum atomic E-state index is -0.119. The topological polar surface area (TPSA) is 81.4 Å². The summed E-state index contributed by atoms with van der Waals surface area (Å²) < 4.78 is 5.06. The summed E-state index contributed by atoms with van der Waals surface area (Å²) in [5, 5.41) is 2.83. The van der Waals surface area contributed by atoms with Crippen molar-refractivity contribution in [2.75, 3.05) is 18.2 Å². The molecule has 2 aromatic carbocycles. The van der Waals surface area contributed by atoms with Gasteiger partial charge in [-0.3, -0.25) is 9.59 Å². The number of anilines is 2. The summed E-state index contributed by atoms with van der Waals surface area (Å²) in [7, 11) is 1.58. The average Bonchev–Trinajstić information content (AvgIpc) is 2.58. The van der Waals surface area contributed by atoms with Crippen LogP contribution >= 0.6 is 12.4 Å². The van der Waals surface area contributed by atoms with Crippen LogP contribution in [0.4, 0.5) is 11.4 Å². The van der Waals surface area contributed by atoms with Crippen LogP contribution in [0.3, 0.4) is 0 Å². The van der Waals surface area contributed by atoms with E-state index in [1.807, 2.05) is 13.0 Å². The molecule has 0 spiro atoms. The molecular weight excluding hydrogens is 340 g/mol. The van der Waals surface area contributed by atoms with Crippen molar-refractivity contribution in [3.63, 3.8) is 0 Å². The highest BCUT2D eigenvalue weighted by atomic mass is 35.5.